The van der Waals surface area contributed by atoms with Crippen LogP contribution in [0.2, 0.25) is 0 Å². The van der Waals surface area contributed by atoms with Crippen LogP contribution in [0.5, 0.6) is 5.75 Å². The van der Waals surface area contributed by atoms with Crippen LogP contribution in [0.3, 0.4) is 0 Å². The van der Waals surface area contributed by atoms with E-state index in [2.05, 4.69) is 57.4 Å². The molecule has 184 valence electrons. The predicted molar refractivity (Wildman–Crippen MR) is 143 cm³/mol. The predicted octanol–water partition coefficient (Wildman–Crippen LogP) is 4.07. The second-order valence-corrected chi connectivity index (χ2v) is 10.9. The number of piperazine rings is 1. The van der Waals surface area contributed by atoms with Crippen LogP contribution in [-0.2, 0) is 19.5 Å². The van der Waals surface area contributed by atoms with Crippen molar-refractivity contribution in [1.29, 1.82) is 0 Å². The number of amides is 2. The van der Waals surface area contributed by atoms with Gasteiger partial charge in [0.25, 0.3) is 0 Å². The van der Waals surface area contributed by atoms with E-state index in [1.807, 2.05) is 11.0 Å². The van der Waals surface area contributed by atoms with E-state index < -0.39 is 0 Å². The molecule has 0 bridgehead atoms. The van der Waals surface area contributed by atoms with Gasteiger partial charge < -0.3 is 19.4 Å². The zero-order valence-corrected chi connectivity index (χ0v) is 21.4. The Morgan fingerprint density at radius 2 is 1.86 bits per heavy atom. The fourth-order valence-electron chi connectivity index (χ4n) is 5.60. The van der Waals surface area contributed by atoms with Gasteiger partial charge in [-0.25, -0.2) is 4.79 Å². The molecule has 2 aromatic carbocycles. The highest BCUT2D eigenvalue weighted by molar-refractivity contribution is 7.16. The number of likely N-dealkylation sites (N-methyl/N-ethyl adjacent to an activating group) is 1. The molecule has 0 spiro atoms. The quantitative estimate of drug-likeness (QED) is 0.583. The molecule has 6 rings (SSSR count). The molecule has 0 unspecified atom stereocenters. The summed E-state index contributed by atoms with van der Waals surface area (Å²) in [6.07, 6.45) is 1.09. The number of ether oxygens (including phenoxy) is 1. The highest BCUT2D eigenvalue weighted by Gasteiger charge is 2.31. The van der Waals surface area contributed by atoms with Gasteiger partial charge in [0.2, 0.25) is 0 Å². The first-order valence-electron chi connectivity index (χ1n) is 12.5. The highest BCUT2D eigenvalue weighted by Crippen LogP contribution is 2.39. The topological polar surface area (TPSA) is 51.3 Å². The van der Waals surface area contributed by atoms with Crippen molar-refractivity contribution in [3.8, 4) is 5.75 Å². The summed E-state index contributed by atoms with van der Waals surface area (Å²) in [6.45, 7) is 8.48. The molecular weight excluding hydrogens is 458 g/mol. The van der Waals surface area contributed by atoms with E-state index in [4.69, 9.17) is 4.74 Å². The van der Waals surface area contributed by atoms with Crippen LogP contribution in [-0.4, -0.2) is 80.7 Å². The molecule has 0 radical (unpaired) electrons. The number of nitrogens with one attached hydrogen (secondary N) is 1. The summed E-state index contributed by atoms with van der Waals surface area (Å²) in [5.74, 6) is 0.894. The molecular formula is C27H33N5O2S. The van der Waals surface area contributed by atoms with E-state index in [1.165, 1.54) is 32.5 Å². The molecule has 1 aromatic heterocycles. The number of carbonyl (C=O) groups is 1. The van der Waals surface area contributed by atoms with E-state index >= 15 is 0 Å². The minimum atomic E-state index is 0.0489. The molecule has 2 amide bonds. The maximum atomic E-state index is 12.8. The Balaban J connectivity index is 1.08. The molecule has 0 aliphatic carbocycles. The van der Waals surface area contributed by atoms with Crippen molar-refractivity contribution in [1.82, 2.24) is 14.7 Å². The summed E-state index contributed by atoms with van der Waals surface area (Å²) in [7, 11) is 3.89. The molecule has 1 saturated heterocycles. The SMILES string of the molecule is COc1ccc2cccc(N3CCN(CCN4Cc5c(sc6c5CCN(C)C6)NC4=O)CC3)c2c1. The molecule has 0 atom stereocenters. The number of fused-ring (bicyclic) bond motifs is 4. The first-order valence-corrected chi connectivity index (χ1v) is 13.3. The number of urea groups is 1. The minimum Gasteiger partial charge on any atom is -0.497 e. The molecule has 1 fully saturated rings. The number of nitrogens with zero attached hydrogens (tertiary/aromatic N) is 4. The van der Waals surface area contributed by atoms with Gasteiger partial charge in [-0.05, 0) is 42.6 Å². The Labute approximate surface area is 210 Å². The third kappa shape index (κ3) is 4.35. The number of thiophene rings is 1. The monoisotopic (exact) mass is 491 g/mol. The number of hydrogen-bond donors (Lipinski definition) is 1. The third-order valence-corrected chi connectivity index (χ3v) is 8.85. The average Bonchev–Trinajstić information content (AvgIpc) is 3.22. The van der Waals surface area contributed by atoms with Crippen molar-refractivity contribution in [2.45, 2.75) is 19.5 Å². The molecule has 0 saturated carbocycles. The van der Waals surface area contributed by atoms with Gasteiger partial charge in [0.1, 0.15) is 10.8 Å². The van der Waals surface area contributed by atoms with Crippen LogP contribution in [0.4, 0.5) is 15.5 Å². The Bertz CT molecular complexity index is 1250. The summed E-state index contributed by atoms with van der Waals surface area (Å²) in [5.41, 5.74) is 4.11. The highest BCUT2D eigenvalue weighted by atomic mass is 32.1. The molecule has 8 heteroatoms. The fourth-order valence-corrected chi connectivity index (χ4v) is 6.93. The van der Waals surface area contributed by atoms with Crippen molar-refractivity contribution in [3.05, 3.63) is 52.4 Å². The number of carbonyl (C=O) groups excluding carboxylic acids is 1. The van der Waals surface area contributed by atoms with Crippen LogP contribution >= 0.6 is 11.3 Å². The number of hydrogen-bond acceptors (Lipinski definition) is 6. The van der Waals surface area contributed by atoms with Crippen molar-refractivity contribution < 1.29 is 9.53 Å². The van der Waals surface area contributed by atoms with E-state index in [0.717, 1.165) is 76.1 Å². The number of benzene rings is 2. The molecule has 4 heterocycles. The molecule has 3 aliphatic heterocycles. The number of anilines is 2. The lowest BCUT2D eigenvalue weighted by Crippen LogP contribution is -2.49. The Morgan fingerprint density at radius 3 is 2.69 bits per heavy atom. The summed E-state index contributed by atoms with van der Waals surface area (Å²) >= 11 is 1.77. The van der Waals surface area contributed by atoms with Gasteiger partial charge in [-0.15, -0.1) is 11.3 Å². The van der Waals surface area contributed by atoms with Gasteiger partial charge in [0.05, 0.1) is 13.7 Å². The maximum absolute atomic E-state index is 12.8. The molecule has 3 aliphatic rings. The normalized spacial score (nSPS) is 19.0. The van der Waals surface area contributed by atoms with Crippen LogP contribution < -0.4 is 15.0 Å². The van der Waals surface area contributed by atoms with Crippen molar-refractivity contribution >= 4 is 38.8 Å². The van der Waals surface area contributed by atoms with E-state index in [-0.39, 0.29) is 6.03 Å². The van der Waals surface area contributed by atoms with Crippen molar-refractivity contribution in [2.75, 3.05) is 70.2 Å². The number of rotatable bonds is 5. The third-order valence-electron chi connectivity index (χ3n) is 7.68. The first-order chi connectivity index (χ1) is 17.1. The van der Waals surface area contributed by atoms with Gasteiger partial charge in [-0.1, -0.05) is 18.2 Å². The van der Waals surface area contributed by atoms with Crippen molar-refractivity contribution in [2.24, 2.45) is 0 Å². The summed E-state index contributed by atoms with van der Waals surface area (Å²) in [4.78, 5) is 23.5. The zero-order chi connectivity index (χ0) is 23.9. The van der Waals surface area contributed by atoms with Gasteiger partial charge in [-0.3, -0.25) is 10.2 Å². The van der Waals surface area contributed by atoms with Crippen LogP contribution in [0.25, 0.3) is 10.8 Å². The average molecular weight is 492 g/mol. The maximum Gasteiger partial charge on any atom is 0.322 e. The minimum absolute atomic E-state index is 0.0489. The second kappa shape index (κ2) is 9.33. The molecule has 7 nitrogen and oxygen atoms in total. The summed E-state index contributed by atoms with van der Waals surface area (Å²) < 4.78 is 5.47. The van der Waals surface area contributed by atoms with Gasteiger partial charge in [-0.2, -0.15) is 0 Å². The Morgan fingerprint density at radius 1 is 1.00 bits per heavy atom. The Kier molecular flexibility index (Phi) is 6.04. The largest absolute Gasteiger partial charge is 0.497 e. The lowest BCUT2D eigenvalue weighted by Gasteiger charge is -2.38. The van der Waals surface area contributed by atoms with E-state index in [9.17, 15) is 4.79 Å². The van der Waals surface area contributed by atoms with Crippen LogP contribution in [0, 0.1) is 0 Å². The number of methoxy groups -OCH3 is 1. The van der Waals surface area contributed by atoms with Gasteiger partial charge >= 0.3 is 6.03 Å². The molecule has 1 N–H and O–H groups in total. The smallest absolute Gasteiger partial charge is 0.322 e. The van der Waals surface area contributed by atoms with Crippen LogP contribution in [0.1, 0.15) is 16.0 Å². The zero-order valence-electron chi connectivity index (χ0n) is 20.5. The van der Waals surface area contributed by atoms with E-state index in [1.54, 1.807) is 18.4 Å². The lowest BCUT2D eigenvalue weighted by atomic mass is 10.0. The molecule has 3 aromatic rings. The second-order valence-electron chi connectivity index (χ2n) is 9.84. The van der Waals surface area contributed by atoms with E-state index in [0.29, 0.717) is 0 Å². The fraction of sp³-hybridized carbons (Fsp3) is 0.444. The van der Waals surface area contributed by atoms with Crippen LogP contribution in [0.15, 0.2) is 36.4 Å². The standard InChI is InChI=1S/C27H33N5O2S/c1-29-9-8-21-23-17-32(27(33)28-26(23)35-25(21)18-29)15-12-30-10-13-31(14-11-30)24-5-3-4-19-6-7-20(34-2)16-22(19)24/h3-7,16H,8-15,17-18H2,1-2H3,(H,28,33). The lowest BCUT2D eigenvalue weighted by molar-refractivity contribution is 0.184. The summed E-state index contributed by atoms with van der Waals surface area (Å²) in [6, 6.07) is 12.9. The van der Waals surface area contributed by atoms with Gasteiger partial charge in [0.15, 0.2) is 0 Å². The van der Waals surface area contributed by atoms with Gasteiger partial charge in [0, 0.05) is 73.9 Å². The van der Waals surface area contributed by atoms with Crippen molar-refractivity contribution in [3.63, 3.8) is 0 Å². The Hall–Kier alpha value is -2.81. The summed E-state index contributed by atoms with van der Waals surface area (Å²) in [5, 5.41) is 6.73. The molecule has 35 heavy (non-hydrogen) atoms. The first kappa shape index (κ1) is 22.6.